The Hall–Kier alpha value is -1.35. The zero-order chi connectivity index (χ0) is 10.7. The van der Waals surface area contributed by atoms with Crippen LogP contribution in [0.3, 0.4) is 0 Å². The molecule has 0 radical (unpaired) electrons. The summed E-state index contributed by atoms with van der Waals surface area (Å²) in [5.74, 6) is 1.21. The van der Waals surface area contributed by atoms with Crippen LogP contribution in [0.2, 0.25) is 0 Å². The highest BCUT2D eigenvalue weighted by Gasteiger charge is 2.62. The van der Waals surface area contributed by atoms with Gasteiger partial charge in [0.15, 0.2) is 6.23 Å². The molecule has 1 aromatic rings. The molecule has 0 spiro atoms. The second-order valence-corrected chi connectivity index (χ2v) is 4.92. The van der Waals surface area contributed by atoms with E-state index in [1.807, 2.05) is 35.2 Å². The van der Waals surface area contributed by atoms with E-state index in [0.717, 1.165) is 12.0 Å². The van der Waals surface area contributed by atoms with Gasteiger partial charge in [-0.1, -0.05) is 30.3 Å². The monoisotopic (exact) mass is 215 g/mol. The lowest BCUT2D eigenvalue weighted by molar-refractivity contribution is -0.136. The number of carbonyl (C=O) groups excluding carboxylic acids is 1. The number of hydrogen-bond donors (Lipinski definition) is 0. The fraction of sp³-hybridized carbons (Fsp3) is 0.462. The maximum atomic E-state index is 12.1. The summed E-state index contributed by atoms with van der Waals surface area (Å²) in [7, 11) is 0. The van der Waals surface area contributed by atoms with Gasteiger partial charge in [-0.15, -0.1) is 0 Å². The molecule has 3 nitrogen and oxygen atoms in total. The summed E-state index contributed by atoms with van der Waals surface area (Å²) >= 11 is 0. The molecule has 2 saturated heterocycles. The van der Waals surface area contributed by atoms with Crippen molar-refractivity contribution in [1.82, 2.24) is 4.90 Å². The van der Waals surface area contributed by atoms with Gasteiger partial charge in [0.25, 0.3) is 0 Å². The van der Waals surface area contributed by atoms with Crippen molar-refractivity contribution in [3.63, 3.8) is 0 Å². The molecule has 3 fully saturated rings. The molecule has 3 heteroatoms. The quantitative estimate of drug-likeness (QED) is 0.711. The Labute approximate surface area is 94.0 Å². The number of rotatable bonds is 1. The van der Waals surface area contributed by atoms with Gasteiger partial charge in [-0.3, -0.25) is 4.79 Å². The molecule has 1 unspecified atom stereocenters. The molecule has 82 valence electrons. The molecule has 3 aliphatic rings. The molecule has 16 heavy (non-hydrogen) atoms. The molecule has 1 saturated carbocycles. The van der Waals surface area contributed by atoms with Crippen molar-refractivity contribution in [3.8, 4) is 0 Å². The van der Waals surface area contributed by atoms with Gasteiger partial charge in [0.05, 0.1) is 12.6 Å². The Morgan fingerprint density at radius 1 is 1.25 bits per heavy atom. The molecule has 1 aromatic carbocycles. The molecule has 4 atom stereocenters. The number of carbonyl (C=O) groups is 1. The van der Waals surface area contributed by atoms with Crippen molar-refractivity contribution in [3.05, 3.63) is 35.9 Å². The van der Waals surface area contributed by atoms with E-state index in [4.69, 9.17) is 4.74 Å². The van der Waals surface area contributed by atoms with Crippen molar-refractivity contribution in [1.29, 1.82) is 0 Å². The predicted molar refractivity (Wildman–Crippen MR) is 57.4 cm³/mol. The number of piperidine rings is 1. The molecule has 1 amide bonds. The van der Waals surface area contributed by atoms with Gasteiger partial charge in [0, 0.05) is 11.5 Å². The zero-order valence-corrected chi connectivity index (χ0v) is 8.87. The Kier molecular flexibility index (Phi) is 1.56. The van der Waals surface area contributed by atoms with Crippen LogP contribution in [0.4, 0.5) is 0 Å². The lowest BCUT2D eigenvalue weighted by Crippen LogP contribution is -2.34. The number of ether oxygens (including phenoxy) is 1. The summed E-state index contributed by atoms with van der Waals surface area (Å²) in [6, 6.07) is 10.4. The second-order valence-electron chi connectivity index (χ2n) is 4.92. The van der Waals surface area contributed by atoms with Gasteiger partial charge < -0.3 is 9.64 Å². The molecule has 2 heterocycles. The lowest BCUT2D eigenvalue weighted by atomic mass is 10.1. The Morgan fingerprint density at radius 3 is 2.88 bits per heavy atom. The smallest absolute Gasteiger partial charge is 0.228 e. The number of fused-ring (bicyclic) bond motifs is 3. The summed E-state index contributed by atoms with van der Waals surface area (Å²) in [4.78, 5) is 14.0. The van der Waals surface area contributed by atoms with Crippen LogP contribution >= 0.6 is 0 Å². The summed E-state index contributed by atoms with van der Waals surface area (Å²) in [5, 5.41) is 0. The average Bonchev–Trinajstić information content (AvgIpc) is 2.92. The number of hydrogen-bond acceptors (Lipinski definition) is 2. The number of benzene rings is 1. The molecule has 4 rings (SSSR count). The van der Waals surface area contributed by atoms with Gasteiger partial charge in [-0.05, 0) is 12.3 Å². The average molecular weight is 215 g/mol. The van der Waals surface area contributed by atoms with E-state index in [1.54, 1.807) is 0 Å². The molecule has 2 aliphatic heterocycles. The highest BCUT2D eigenvalue weighted by atomic mass is 16.5. The van der Waals surface area contributed by atoms with Crippen LogP contribution in [0.1, 0.15) is 18.2 Å². The molecule has 0 aromatic heterocycles. The number of nitrogens with zero attached hydrogens (tertiary/aromatic N) is 1. The largest absolute Gasteiger partial charge is 0.352 e. The van der Waals surface area contributed by atoms with Crippen molar-refractivity contribution in [2.75, 3.05) is 6.61 Å². The van der Waals surface area contributed by atoms with Crippen LogP contribution < -0.4 is 0 Å². The minimum absolute atomic E-state index is 0.133. The topological polar surface area (TPSA) is 29.5 Å². The van der Waals surface area contributed by atoms with E-state index in [2.05, 4.69) is 0 Å². The van der Waals surface area contributed by atoms with Crippen molar-refractivity contribution < 1.29 is 9.53 Å². The van der Waals surface area contributed by atoms with Crippen molar-refractivity contribution in [2.45, 2.75) is 18.7 Å². The highest BCUT2D eigenvalue weighted by Crippen LogP contribution is 2.55. The summed E-state index contributed by atoms with van der Waals surface area (Å²) in [6.07, 6.45) is 0.955. The summed E-state index contributed by atoms with van der Waals surface area (Å²) in [5.41, 5.74) is 1.10. The molecular weight excluding hydrogens is 202 g/mol. The van der Waals surface area contributed by atoms with Gasteiger partial charge in [-0.25, -0.2) is 0 Å². The number of amides is 1. The third-order valence-electron chi connectivity index (χ3n) is 4.03. The highest BCUT2D eigenvalue weighted by molar-refractivity contribution is 5.86. The molecule has 0 bridgehead atoms. The van der Waals surface area contributed by atoms with Gasteiger partial charge >= 0.3 is 0 Å². The minimum atomic E-state index is -0.133. The maximum Gasteiger partial charge on any atom is 0.228 e. The van der Waals surface area contributed by atoms with Crippen molar-refractivity contribution in [2.24, 2.45) is 11.8 Å². The van der Waals surface area contributed by atoms with Crippen LogP contribution in [-0.2, 0) is 9.53 Å². The fourth-order valence-electron chi connectivity index (χ4n) is 3.12. The Bertz CT molecular complexity index is 445. The van der Waals surface area contributed by atoms with Crippen molar-refractivity contribution >= 4 is 5.91 Å². The standard InChI is InChI=1S/C13H13NO2/c15-12-10-6-9(10)11-7-16-13(14(11)12)8-4-2-1-3-5-8/h1-5,9-11,13H,6-7H2/t9-,10+,11+,13?/m0/s1. The van der Waals surface area contributed by atoms with E-state index < -0.39 is 0 Å². The maximum absolute atomic E-state index is 12.1. The van der Waals surface area contributed by atoms with Gasteiger partial charge in [0.2, 0.25) is 5.91 Å². The van der Waals surface area contributed by atoms with Crippen LogP contribution in [0, 0.1) is 11.8 Å². The summed E-state index contributed by atoms with van der Waals surface area (Å²) < 4.78 is 5.78. The summed E-state index contributed by atoms with van der Waals surface area (Å²) in [6.45, 7) is 0.715. The van der Waals surface area contributed by atoms with Crippen LogP contribution in [0.15, 0.2) is 30.3 Å². The first-order chi connectivity index (χ1) is 7.86. The second kappa shape index (κ2) is 2.86. The first-order valence-corrected chi connectivity index (χ1v) is 5.85. The fourth-order valence-corrected chi connectivity index (χ4v) is 3.12. The zero-order valence-electron chi connectivity index (χ0n) is 8.87. The third kappa shape index (κ3) is 0.990. The van der Waals surface area contributed by atoms with E-state index in [-0.39, 0.29) is 6.23 Å². The Balaban J connectivity index is 1.70. The van der Waals surface area contributed by atoms with Crippen LogP contribution in [0.5, 0.6) is 0 Å². The van der Waals surface area contributed by atoms with E-state index >= 15 is 0 Å². The van der Waals surface area contributed by atoms with Gasteiger partial charge in [0.1, 0.15) is 0 Å². The molecule has 0 N–H and O–H groups in total. The molecule has 1 aliphatic carbocycles. The van der Waals surface area contributed by atoms with E-state index in [1.165, 1.54) is 0 Å². The van der Waals surface area contributed by atoms with Crippen LogP contribution in [0.25, 0.3) is 0 Å². The SMILES string of the molecule is O=C1[C@@H]2C[C@@H]2[C@H]2COC(c3ccccc3)N12. The first kappa shape index (κ1) is 8.76. The van der Waals surface area contributed by atoms with Crippen LogP contribution in [-0.4, -0.2) is 23.5 Å². The lowest BCUT2D eigenvalue weighted by Gasteiger charge is -2.24. The first-order valence-electron chi connectivity index (χ1n) is 5.85. The normalized spacial score (nSPS) is 39.8. The van der Waals surface area contributed by atoms with E-state index in [0.29, 0.717) is 30.4 Å². The predicted octanol–water partition coefficient (Wildman–Crippen LogP) is 1.56. The third-order valence-corrected chi connectivity index (χ3v) is 4.03. The van der Waals surface area contributed by atoms with Gasteiger partial charge in [-0.2, -0.15) is 0 Å². The molecular formula is C13H13NO2. The Morgan fingerprint density at radius 2 is 2.06 bits per heavy atom. The van der Waals surface area contributed by atoms with E-state index in [9.17, 15) is 4.79 Å². The minimum Gasteiger partial charge on any atom is -0.352 e.